The fraction of sp³-hybridized carbons (Fsp3) is 0.0909. The minimum atomic E-state index is -4.06. The molecule has 0 aliphatic rings. The van der Waals surface area contributed by atoms with Gasteiger partial charge in [0.05, 0.1) is 0 Å². The average molecular weight is 267 g/mol. The van der Waals surface area contributed by atoms with Crippen LogP contribution in [0.2, 0.25) is 0 Å². The molecule has 2 aromatic heterocycles. The van der Waals surface area contributed by atoms with Gasteiger partial charge in [-0.1, -0.05) is 0 Å². The highest BCUT2D eigenvalue weighted by atomic mass is 32.2. The molecule has 0 bridgehead atoms. The summed E-state index contributed by atoms with van der Waals surface area (Å²) in [6, 6.07) is 5.61. The predicted octanol–water partition coefficient (Wildman–Crippen LogP) is 1.72. The van der Waals surface area contributed by atoms with Gasteiger partial charge in [0, 0.05) is 12.4 Å². The maximum absolute atomic E-state index is 13.4. The Morgan fingerprint density at radius 1 is 1.22 bits per heavy atom. The van der Waals surface area contributed by atoms with Crippen molar-refractivity contribution in [3.05, 3.63) is 48.0 Å². The van der Waals surface area contributed by atoms with E-state index in [0.29, 0.717) is 0 Å². The first-order valence-electron chi connectivity index (χ1n) is 5.05. The van der Waals surface area contributed by atoms with E-state index in [1.54, 1.807) is 19.1 Å². The second-order valence-corrected chi connectivity index (χ2v) is 5.21. The van der Waals surface area contributed by atoms with Crippen molar-refractivity contribution >= 4 is 15.8 Å². The topological polar surface area (TPSA) is 72.0 Å². The minimum absolute atomic E-state index is 0.125. The molecule has 0 aliphatic heterocycles. The van der Waals surface area contributed by atoms with Crippen molar-refractivity contribution in [2.24, 2.45) is 0 Å². The zero-order valence-corrected chi connectivity index (χ0v) is 10.3. The van der Waals surface area contributed by atoms with Gasteiger partial charge in [-0.3, -0.25) is 4.72 Å². The standard InChI is InChI=1S/C11H10FN3O2S/c1-8-4-6-13-10(7-8)15-18(16,17)11-9(12)3-2-5-14-11/h2-7H,1H3,(H,13,15). The first-order valence-corrected chi connectivity index (χ1v) is 6.53. The van der Waals surface area contributed by atoms with Gasteiger partial charge in [-0.25, -0.2) is 14.4 Å². The van der Waals surface area contributed by atoms with Crippen molar-refractivity contribution in [2.75, 3.05) is 4.72 Å². The first kappa shape index (κ1) is 12.4. The van der Waals surface area contributed by atoms with Crippen molar-refractivity contribution in [3.63, 3.8) is 0 Å². The highest BCUT2D eigenvalue weighted by Gasteiger charge is 2.20. The SMILES string of the molecule is Cc1ccnc(NS(=O)(=O)c2ncccc2F)c1. The largest absolute Gasteiger partial charge is 0.283 e. The summed E-state index contributed by atoms with van der Waals surface area (Å²) in [5, 5.41) is -0.645. The van der Waals surface area contributed by atoms with E-state index < -0.39 is 20.9 Å². The average Bonchev–Trinajstić information content (AvgIpc) is 2.28. The molecule has 2 heterocycles. The lowest BCUT2D eigenvalue weighted by Crippen LogP contribution is -2.16. The third-order valence-electron chi connectivity index (χ3n) is 2.13. The van der Waals surface area contributed by atoms with Gasteiger partial charge in [0.2, 0.25) is 5.03 Å². The van der Waals surface area contributed by atoms with Crippen LogP contribution in [0.15, 0.2) is 41.7 Å². The third kappa shape index (κ3) is 2.62. The van der Waals surface area contributed by atoms with E-state index in [9.17, 15) is 12.8 Å². The Morgan fingerprint density at radius 3 is 2.67 bits per heavy atom. The maximum Gasteiger partial charge on any atom is 0.283 e. The quantitative estimate of drug-likeness (QED) is 0.919. The molecule has 0 aliphatic carbocycles. The molecule has 2 aromatic rings. The molecule has 0 unspecified atom stereocenters. The van der Waals surface area contributed by atoms with Gasteiger partial charge in [-0.2, -0.15) is 8.42 Å². The van der Waals surface area contributed by atoms with E-state index in [1.807, 2.05) is 0 Å². The Bertz CT molecular complexity index is 673. The Hall–Kier alpha value is -2.02. The number of pyridine rings is 2. The van der Waals surface area contributed by atoms with E-state index in [2.05, 4.69) is 14.7 Å². The molecule has 0 radical (unpaired) electrons. The van der Waals surface area contributed by atoms with Gasteiger partial charge in [0.25, 0.3) is 10.0 Å². The summed E-state index contributed by atoms with van der Waals surface area (Å²) >= 11 is 0. The lowest BCUT2D eigenvalue weighted by molar-refractivity contribution is 0.556. The summed E-state index contributed by atoms with van der Waals surface area (Å²) in [7, 11) is -4.06. The van der Waals surface area contributed by atoms with Crippen LogP contribution >= 0.6 is 0 Å². The van der Waals surface area contributed by atoms with E-state index in [-0.39, 0.29) is 5.82 Å². The monoisotopic (exact) mass is 267 g/mol. The van der Waals surface area contributed by atoms with Crippen molar-refractivity contribution in [2.45, 2.75) is 11.9 Å². The van der Waals surface area contributed by atoms with Crippen LogP contribution in [0.1, 0.15) is 5.56 Å². The van der Waals surface area contributed by atoms with Crippen LogP contribution in [0, 0.1) is 12.7 Å². The molecule has 7 heteroatoms. The number of hydrogen-bond acceptors (Lipinski definition) is 4. The maximum atomic E-state index is 13.4. The number of sulfonamides is 1. The summed E-state index contributed by atoms with van der Waals surface area (Å²) in [6.07, 6.45) is 2.67. The zero-order chi connectivity index (χ0) is 13.2. The Balaban J connectivity index is 2.37. The number of halogens is 1. The van der Waals surface area contributed by atoms with Crippen LogP contribution in [0.5, 0.6) is 0 Å². The molecular weight excluding hydrogens is 257 g/mol. The van der Waals surface area contributed by atoms with Crippen molar-refractivity contribution in [1.82, 2.24) is 9.97 Å². The number of rotatable bonds is 3. The van der Waals surface area contributed by atoms with Crippen LogP contribution in [0.3, 0.4) is 0 Å². The smallest absolute Gasteiger partial charge is 0.262 e. The normalized spacial score (nSPS) is 11.2. The van der Waals surface area contributed by atoms with Crippen molar-refractivity contribution < 1.29 is 12.8 Å². The molecule has 18 heavy (non-hydrogen) atoms. The molecule has 2 rings (SSSR count). The van der Waals surface area contributed by atoms with E-state index >= 15 is 0 Å². The molecule has 94 valence electrons. The summed E-state index contributed by atoms with van der Waals surface area (Å²) < 4.78 is 39.3. The fourth-order valence-corrected chi connectivity index (χ4v) is 2.35. The third-order valence-corrected chi connectivity index (χ3v) is 3.42. The fourth-order valence-electron chi connectivity index (χ4n) is 1.35. The molecule has 0 spiro atoms. The number of aromatic nitrogens is 2. The van der Waals surface area contributed by atoms with E-state index in [4.69, 9.17) is 0 Å². The van der Waals surface area contributed by atoms with Gasteiger partial charge < -0.3 is 0 Å². The molecule has 0 atom stereocenters. The number of hydrogen-bond donors (Lipinski definition) is 1. The lowest BCUT2D eigenvalue weighted by Gasteiger charge is -2.07. The molecule has 5 nitrogen and oxygen atoms in total. The van der Waals surface area contributed by atoms with E-state index in [1.165, 1.54) is 18.5 Å². The summed E-state index contributed by atoms with van der Waals surface area (Å²) in [5.41, 5.74) is 0.837. The second-order valence-electron chi connectivity index (χ2n) is 3.61. The molecule has 0 saturated heterocycles. The summed E-state index contributed by atoms with van der Waals surface area (Å²) in [5.74, 6) is -0.780. The van der Waals surface area contributed by atoms with Crippen LogP contribution in [0.25, 0.3) is 0 Å². The first-order chi connectivity index (χ1) is 8.49. The molecule has 1 N–H and O–H groups in total. The van der Waals surface area contributed by atoms with Gasteiger partial charge in [0.15, 0.2) is 5.82 Å². The van der Waals surface area contributed by atoms with Gasteiger partial charge in [-0.15, -0.1) is 0 Å². The molecule has 0 aromatic carbocycles. The number of nitrogens with zero attached hydrogens (tertiary/aromatic N) is 2. The highest BCUT2D eigenvalue weighted by Crippen LogP contribution is 2.15. The van der Waals surface area contributed by atoms with E-state index in [0.717, 1.165) is 11.6 Å². The lowest BCUT2D eigenvalue weighted by atomic mass is 10.3. The molecule has 0 fully saturated rings. The Labute approximate surface area is 104 Å². The second kappa shape index (κ2) is 4.69. The van der Waals surface area contributed by atoms with Crippen LogP contribution < -0.4 is 4.72 Å². The van der Waals surface area contributed by atoms with Crippen LogP contribution in [0.4, 0.5) is 10.2 Å². The minimum Gasteiger partial charge on any atom is -0.262 e. The van der Waals surface area contributed by atoms with Gasteiger partial charge >= 0.3 is 0 Å². The number of anilines is 1. The van der Waals surface area contributed by atoms with Gasteiger partial charge in [0.1, 0.15) is 5.82 Å². The number of nitrogens with one attached hydrogen (secondary N) is 1. The Morgan fingerprint density at radius 2 is 2.00 bits per heavy atom. The van der Waals surface area contributed by atoms with Crippen molar-refractivity contribution in [1.29, 1.82) is 0 Å². The summed E-state index contributed by atoms with van der Waals surface area (Å²) in [6.45, 7) is 1.79. The Kier molecular flexibility index (Phi) is 3.24. The van der Waals surface area contributed by atoms with Crippen LogP contribution in [-0.4, -0.2) is 18.4 Å². The molecule has 0 amide bonds. The molecular formula is C11H10FN3O2S. The predicted molar refractivity (Wildman–Crippen MR) is 64.0 cm³/mol. The van der Waals surface area contributed by atoms with Crippen molar-refractivity contribution in [3.8, 4) is 0 Å². The van der Waals surface area contributed by atoms with Crippen LogP contribution in [-0.2, 0) is 10.0 Å². The number of aryl methyl sites for hydroxylation is 1. The molecule has 0 saturated carbocycles. The highest BCUT2D eigenvalue weighted by molar-refractivity contribution is 7.92. The summed E-state index contributed by atoms with van der Waals surface area (Å²) in [4.78, 5) is 7.35. The zero-order valence-electron chi connectivity index (χ0n) is 9.46. The van der Waals surface area contributed by atoms with Gasteiger partial charge in [-0.05, 0) is 36.8 Å².